The molecule has 1 fully saturated rings. The second kappa shape index (κ2) is 25.2. The number of methoxy groups -OCH3 is 1. The molecule has 284 valence electrons. The third-order valence-electron chi connectivity index (χ3n) is 8.33. The molecule has 0 saturated carbocycles. The van der Waals surface area contributed by atoms with E-state index in [-0.39, 0.29) is 18.4 Å². The Morgan fingerprint density at radius 3 is 2.24 bits per heavy atom. The summed E-state index contributed by atoms with van der Waals surface area (Å²) in [5.41, 5.74) is 9.90. The molecule has 0 aromatic heterocycles. The zero-order chi connectivity index (χ0) is 37.6. The van der Waals surface area contributed by atoms with Gasteiger partial charge in [0, 0.05) is 18.1 Å². The highest BCUT2D eigenvalue weighted by Gasteiger charge is 2.39. The fourth-order valence-electron chi connectivity index (χ4n) is 5.42. The van der Waals surface area contributed by atoms with E-state index in [4.69, 9.17) is 10.5 Å². The highest BCUT2D eigenvalue weighted by atomic mass is 32.2. The molecule has 4 amide bonds. The van der Waals surface area contributed by atoms with Gasteiger partial charge in [-0.15, -0.1) is 0 Å². The molecule has 1 rings (SSSR count). The van der Waals surface area contributed by atoms with Crippen LogP contribution in [-0.4, -0.2) is 102 Å². The largest absolute Gasteiger partial charge is 0.467 e. The number of nitrogens with one attached hydrogen (secondary N) is 3. The van der Waals surface area contributed by atoms with E-state index in [9.17, 15) is 24.0 Å². The first-order valence-corrected chi connectivity index (χ1v) is 20.3. The molecule has 11 nitrogen and oxygen atoms in total. The highest BCUT2D eigenvalue weighted by molar-refractivity contribution is 7.99. The van der Waals surface area contributed by atoms with Crippen molar-refractivity contribution < 1.29 is 28.7 Å². The molecule has 0 spiro atoms. The molecule has 0 bridgehead atoms. The topological polar surface area (TPSA) is 160 Å². The maximum atomic E-state index is 13.7. The summed E-state index contributed by atoms with van der Waals surface area (Å²) >= 11 is 3.11. The minimum atomic E-state index is -0.873. The van der Waals surface area contributed by atoms with Crippen molar-refractivity contribution in [3.05, 3.63) is 34.9 Å². The zero-order valence-electron chi connectivity index (χ0n) is 31.6. The van der Waals surface area contributed by atoms with Gasteiger partial charge in [0.2, 0.25) is 23.6 Å². The number of hydrogen-bond donors (Lipinski definition) is 4. The molecule has 1 aliphatic heterocycles. The van der Waals surface area contributed by atoms with Gasteiger partial charge >= 0.3 is 5.97 Å². The van der Waals surface area contributed by atoms with Gasteiger partial charge in [0.05, 0.1) is 19.7 Å². The number of allylic oxidation sites excluding steroid dienone is 5. The Bertz CT molecular complexity index is 1200. The lowest BCUT2D eigenvalue weighted by molar-refractivity contribution is -0.146. The van der Waals surface area contributed by atoms with Gasteiger partial charge in [-0.25, -0.2) is 4.79 Å². The number of nitrogens with two attached hydrogens (primary N) is 1. The number of amides is 4. The minimum absolute atomic E-state index is 0.0743. The summed E-state index contributed by atoms with van der Waals surface area (Å²) in [6.07, 6.45) is 14.6. The van der Waals surface area contributed by atoms with Crippen LogP contribution in [0.3, 0.4) is 0 Å². The van der Waals surface area contributed by atoms with E-state index in [0.717, 1.165) is 31.4 Å². The molecule has 0 aromatic rings. The molecule has 13 heteroatoms. The van der Waals surface area contributed by atoms with E-state index in [1.54, 1.807) is 11.8 Å². The first-order valence-electron chi connectivity index (χ1n) is 17.7. The average molecular weight is 738 g/mol. The number of carbonyl (C=O) groups is 5. The molecule has 0 aliphatic carbocycles. The Morgan fingerprint density at radius 1 is 0.960 bits per heavy atom. The summed E-state index contributed by atoms with van der Waals surface area (Å²) in [5.74, 6) is -0.460. The van der Waals surface area contributed by atoms with Gasteiger partial charge in [0.1, 0.15) is 18.1 Å². The Balaban J connectivity index is 2.77. The van der Waals surface area contributed by atoms with Crippen LogP contribution in [0.25, 0.3) is 0 Å². The standard InChI is InChI=1S/C37H63N5O6S2/c1-25(2)12-9-13-27(5)14-10-15-28(6)17-21-50-24-31(37(47)48-7)41-35(45)32-16-11-19-42(32)36(46)30(22-26(3)4)40-33(43)23-39-34(44)29(38)18-20-49-8/h12,14,17,26,29-32H,9-11,13,15-16,18-24,38H2,1-8H3,(H,39,44)(H,40,43)(H,41,45)/b27-14+,28-17+/t29-,30-,31-,32-/m0/s1. The summed E-state index contributed by atoms with van der Waals surface area (Å²) in [5, 5.41) is 8.12. The summed E-state index contributed by atoms with van der Waals surface area (Å²) < 4.78 is 4.98. The van der Waals surface area contributed by atoms with E-state index < -0.39 is 47.9 Å². The first-order chi connectivity index (χ1) is 23.7. The molecular weight excluding hydrogens is 675 g/mol. The van der Waals surface area contributed by atoms with Crippen LogP contribution in [0.2, 0.25) is 0 Å². The number of rotatable bonds is 23. The Morgan fingerprint density at radius 2 is 1.62 bits per heavy atom. The van der Waals surface area contributed by atoms with Gasteiger partial charge in [0.15, 0.2) is 0 Å². The fraction of sp³-hybridized carbons (Fsp3) is 0.703. The van der Waals surface area contributed by atoms with Gasteiger partial charge in [-0.05, 0) is 97.0 Å². The quantitative estimate of drug-likeness (QED) is 0.0672. The lowest BCUT2D eigenvalue weighted by atomic mass is 10.0. The van der Waals surface area contributed by atoms with Crippen molar-refractivity contribution in [2.45, 2.75) is 117 Å². The van der Waals surface area contributed by atoms with Crippen LogP contribution in [0.4, 0.5) is 0 Å². The van der Waals surface area contributed by atoms with Crippen LogP contribution in [0, 0.1) is 5.92 Å². The fourth-order valence-corrected chi connectivity index (χ4v) is 6.90. The second-order valence-electron chi connectivity index (χ2n) is 13.6. The normalized spacial score (nSPS) is 16.8. The van der Waals surface area contributed by atoms with Crippen LogP contribution >= 0.6 is 23.5 Å². The molecule has 4 atom stereocenters. The molecular formula is C37H63N5O6S2. The molecule has 0 aromatic carbocycles. The minimum Gasteiger partial charge on any atom is -0.467 e. The van der Waals surface area contributed by atoms with E-state index in [2.05, 4.69) is 61.9 Å². The van der Waals surface area contributed by atoms with E-state index in [1.807, 2.05) is 20.1 Å². The Labute approximate surface area is 309 Å². The van der Waals surface area contributed by atoms with Crippen molar-refractivity contribution >= 4 is 53.1 Å². The van der Waals surface area contributed by atoms with Crippen molar-refractivity contribution in [2.75, 3.05) is 43.7 Å². The van der Waals surface area contributed by atoms with Crippen molar-refractivity contribution in [2.24, 2.45) is 11.7 Å². The van der Waals surface area contributed by atoms with Crippen molar-refractivity contribution in [3.63, 3.8) is 0 Å². The van der Waals surface area contributed by atoms with Gasteiger partial charge in [0.25, 0.3) is 0 Å². The average Bonchev–Trinajstić information content (AvgIpc) is 3.56. The summed E-state index contributed by atoms with van der Waals surface area (Å²) in [6, 6.07) is -3.24. The number of thioether (sulfide) groups is 2. The maximum absolute atomic E-state index is 13.7. The highest BCUT2D eigenvalue weighted by Crippen LogP contribution is 2.21. The lowest BCUT2D eigenvalue weighted by Gasteiger charge is -2.30. The van der Waals surface area contributed by atoms with Gasteiger partial charge in [-0.1, -0.05) is 48.8 Å². The number of likely N-dealkylation sites (tertiary alicyclic amines) is 1. The predicted molar refractivity (Wildman–Crippen MR) is 207 cm³/mol. The molecule has 5 N–H and O–H groups in total. The molecule has 0 unspecified atom stereocenters. The third-order valence-corrected chi connectivity index (χ3v) is 9.95. The van der Waals surface area contributed by atoms with Crippen LogP contribution in [0.5, 0.6) is 0 Å². The van der Waals surface area contributed by atoms with E-state index in [0.29, 0.717) is 43.7 Å². The number of carbonyl (C=O) groups excluding carboxylic acids is 5. The smallest absolute Gasteiger partial charge is 0.329 e. The van der Waals surface area contributed by atoms with Gasteiger partial charge < -0.3 is 31.3 Å². The predicted octanol–water partition coefficient (Wildman–Crippen LogP) is 4.52. The monoisotopic (exact) mass is 737 g/mol. The van der Waals surface area contributed by atoms with Crippen molar-refractivity contribution in [1.29, 1.82) is 0 Å². The number of hydrogen-bond acceptors (Lipinski definition) is 9. The van der Waals surface area contributed by atoms with Crippen molar-refractivity contribution in [1.82, 2.24) is 20.9 Å². The summed E-state index contributed by atoms with van der Waals surface area (Å²) in [7, 11) is 1.29. The lowest BCUT2D eigenvalue weighted by Crippen LogP contribution is -2.56. The van der Waals surface area contributed by atoms with E-state index in [1.165, 1.54) is 40.5 Å². The zero-order valence-corrected chi connectivity index (χ0v) is 33.2. The maximum Gasteiger partial charge on any atom is 0.329 e. The van der Waals surface area contributed by atoms with Crippen molar-refractivity contribution in [3.8, 4) is 0 Å². The summed E-state index contributed by atoms with van der Waals surface area (Å²) in [6.45, 7) is 12.4. The van der Waals surface area contributed by atoms with Crippen LogP contribution in [0.15, 0.2) is 34.9 Å². The molecule has 1 heterocycles. The summed E-state index contributed by atoms with van der Waals surface area (Å²) in [4.78, 5) is 66.4. The third kappa shape index (κ3) is 18.5. The molecule has 1 saturated heterocycles. The Kier molecular flexibility index (Phi) is 22.8. The SMILES string of the molecule is COC(=O)[C@H](CSC/C=C(\C)CC/C=C(\C)CCC=C(C)C)NC(=O)[C@@H]1CCCN1C(=O)[C@H](CC(C)C)NC(=O)CNC(=O)[C@@H](N)CCSC. The number of esters is 1. The molecule has 1 aliphatic rings. The molecule has 0 radical (unpaired) electrons. The van der Waals surface area contributed by atoms with Crippen LogP contribution in [0.1, 0.15) is 92.9 Å². The van der Waals surface area contributed by atoms with Gasteiger partial charge in [-0.3, -0.25) is 19.2 Å². The van der Waals surface area contributed by atoms with Crippen LogP contribution in [-0.2, 0) is 28.7 Å². The van der Waals surface area contributed by atoms with E-state index >= 15 is 0 Å². The second-order valence-corrected chi connectivity index (χ2v) is 15.7. The molecule has 50 heavy (non-hydrogen) atoms. The van der Waals surface area contributed by atoms with Gasteiger partial charge in [-0.2, -0.15) is 23.5 Å². The van der Waals surface area contributed by atoms with Crippen LogP contribution < -0.4 is 21.7 Å². The first kappa shape index (κ1) is 45.3. The number of nitrogens with zero attached hydrogens (tertiary/aromatic N) is 1. The Hall–Kier alpha value is -2.77. The number of ether oxygens (including phenoxy) is 1.